The SMILES string of the molecule is COC(=O)c1ccccc1Cn1nnc(-c2ccc(C)c(C)c2)n1. The third-order valence-corrected chi connectivity index (χ3v) is 3.95. The molecule has 0 atom stereocenters. The lowest BCUT2D eigenvalue weighted by atomic mass is 10.1. The predicted octanol–water partition coefficient (Wildman–Crippen LogP) is 2.79. The van der Waals surface area contributed by atoms with E-state index in [0.717, 1.165) is 11.1 Å². The second-order valence-corrected chi connectivity index (χ2v) is 5.59. The molecule has 3 aromatic rings. The third-order valence-electron chi connectivity index (χ3n) is 3.95. The summed E-state index contributed by atoms with van der Waals surface area (Å²) in [5, 5.41) is 12.6. The van der Waals surface area contributed by atoms with E-state index in [2.05, 4.69) is 29.3 Å². The molecular formula is C18H18N4O2. The summed E-state index contributed by atoms with van der Waals surface area (Å²) in [7, 11) is 1.37. The van der Waals surface area contributed by atoms with E-state index in [1.807, 2.05) is 30.3 Å². The number of benzene rings is 2. The van der Waals surface area contributed by atoms with Crippen LogP contribution in [-0.2, 0) is 11.3 Å². The third kappa shape index (κ3) is 3.17. The molecule has 6 nitrogen and oxygen atoms in total. The standard InChI is InChI=1S/C18H18N4O2/c1-12-8-9-14(10-13(12)2)17-19-21-22(20-17)11-15-6-4-5-7-16(15)18(23)24-3/h4-10H,11H2,1-3H3. The molecule has 0 aliphatic rings. The maximum atomic E-state index is 11.8. The number of hydrogen-bond acceptors (Lipinski definition) is 5. The van der Waals surface area contributed by atoms with Crippen LogP contribution in [0.4, 0.5) is 0 Å². The Labute approximate surface area is 140 Å². The Kier molecular flexibility index (Phi) is 4.37. The first-order valence-electron chi connectivity index (χ1n) is 7.60. The van der Waals surface area contributed by atoms with Crippen molar-refractivity contribution in [2.24, 2.45) is 0 Å². The lowest BCUT2D eigenvalue weighted by Crippen LogP contribution is -2.10. The Morgan fingerprint density at radius 3 is 2.67 bits per heavy atom. The molecule has 0 amide bonds. The molecule has 0 spiro atoms. The van der Waals surface area contributed by atoms with Crippen molar-refractivity contribution in [3.63, 3.8) is 0 Å². The van der Waals surface area contributed by atoms with Crippen molar-refractivity contribution in [2.75, 3.05) is 7.11 Å². The summed E-state index contributed by atoms with van der Waals surface area (Å²) in [6.45, 7) is 4.46. The van der Waals surface area contributed by atoms with Gasteiger partial charge in [0, 0.05) is 5.56 Å². The molecule has 0 unspecified atom stereocenters. The highest BCUT2D eigenvalue weighted by Gasteiger charge is 2.13. The summed E-state index contributed by atoms with van der Waals surface area (Å²) >= 11 is 0. The van der Waals surface area contributed by atoms with E-state index >= 15 is 0 Å². The van der Waals surface area contributed by atoms with Gasteiger partial charge in [-0.15, -0.1) is 10.2 Å². The van der Waals surface area contributed by atoms with Crippen LogP contribution in [0.2, 0.25) is 0 Å². The minimum atomic E-state index is -0.375. The molecule has 0 radical (unpaired) electrons. The molecule has 6 heteroatoms. The number of rotatable bonds is 4. The van der Waals surface area contributed by atoms with Crippen LogP contribution in [0.5, 0.6) is 0 Å². The van der Waals surface area contributed by atoms with Crippen molar-refractivity contribution in [1.82, 2.24) is 20.2 Å². The molecule has 122 valence electrons. The molecule has 0 aliphatic heterocycles. The minimum absolute atomic E-state index is 0.350. The minimum Gasteiger partial charge on any atom is -0.465 e. The van der Waals surface area contributed by atoms with Gasteiger partial charge in [0.05, 0.1) is 19.2 Å². The number of aryl methyl sites for hydroxylation is 2. The first kappa shape index (κ1) is 15.9. The van der Waals surface area contributed by atoms with E-state index in [-0.39, 0.29) is 5.97 Å². The summed E-state index contributed by atoms with van der Waals surface area (Å²) < 4.78 is 4.81. The van der Waals surface area contributed by atoms with Crippen molar-refractivity contribution in [2.45, 2.75) is 20.4 Å². The van der Waals surface area contributed by atoms with E-state index in [4.69, 9.17) is 4.74 Å². The highest BCUT2D eigenvalue weighted by atomic mass is 16.5. The highest BCUT2D eigenvalue weighted by Crippen LogP contribution is 2.18. The summed E-state index contributed by atoms with van der Waals surface area (Å²) in [5.41, 5.74) is 4.61. The molecule has 1 aromatic heterocycles. The quantitative estimate of drug-likeness (QED) is 0.691. The van der Waals surface area contributed by atoms with Gasteiger partial charge in [0.2, 0.25) is 5.82 Å². The number of ether oxygens (including phenoxy) is 1. The number of tetrazole rings is 1. The van der Waals surface area contributed by atoms with Crippen LogP contribution >= 0.6 is 0 Å². The summed E-state index contributed by atoms with van der Waals surface area (Å²) in [5.74, 6) is 0.189. The zero-order chi connectivity index (χ0) is 17.1. The van der Waals surface area contributed by atoms with Crippen LogP contribution in [-0.4, -0.2) is 33.3 Å². The van der Waals surface area contributed by atoms with E-state index in [1.165, 1.54) is 23.0 Å². The lowest BCUT2D eigenvalue weighted by Gasteiger charge is -2.06. The van der Waals surface area contributed by atoms with Gasteiger partial charge in [0.15, 0.2) is 0 Å². The molecule has 24 heavy (non-hydrogen) atoms. The van der Waals surface area contributed by atoms with Crippen molar-refractivity contribution in [3.05, 3.63) is 64.7 Å². The monoisotopic (exact) mass is 322 g/mol. The van der Waals surface area contributed by atoms with Crippen molar-refractivity contribution in [3.8, 4) is 11.4 Å². The Hall–Kier alpha value is -3.02. The summed E-state index contributed by atoms with van der Waals surface area (Å²) in [4.78, 5) is 13.3. The Bertz CT molecular complexity index is 886. The molecule has 0 fully saturated rings. The predicted molar refractivity (Wildman–Crippen MR) is 89.6 cm³/mol. The maximum Gasteiger partial charge on any atom is 0.338 e. The van der Waals surface area contributed by atoms with Gasteiger partial charge < -0.3 is 4.74 Å². The van der Waals surface area contributed by atoms with E-state index < -0.39 is 0 Å². The molecule has 1 heterocycles. The molecule has 2 aromatic carbocycles. The van der Waals surface area contributed by atoms with Crippen molar-refractivity contribution in [1.29, 1.82) is 0 Å². The van der Waals surface area contributed by atoms with Gasteiger partial charge in [0.1, 0.15) is 0 Å². The molecule has 0 saturated carbocycles. The van der Waals surface area contributed by atoms with Crippen LogP contribution < -0.4 is 0 Å². The smallest absolute Gasteiger partial charge is 0.338 e. The fraction of sp³-hybridized carbons (Fsp3) is 0.222. The zero-order valence-electron chi connectivity index (χ0n) is 13.9. The lowest BCUT2D eigenvalue weighted by molar-refractivity contribution is 0.0599. The Morgan fingerprint density at radius 2 is 1.92 bits per heavy atom. The van der Waals surface area contributed by atoms with E-state index in [0.29, 0.717) is 17.9 Å². The normalized spacial score (nSPS) is 10.6. The fourth-order valence-electron chi connectivity index (χ4n) is 2.43. The molecule has 0 aliphatic carbocycles. The van der Waals surface area contributed by atoms with Crippen LogP contribution in [0.1, 0.15) is 27.0 Å². The number of nitrogens with zero attached hydrogens (tertiary/aromatic N) is 4. The highest BCUT2D eigenvalue weighted by molar-refractivity contribution is 5.90. The largest absolute Gasteiger partial charge is 0.465 e. The average molecular weight is 322 g/mol. The van der Waals surface area contributed by atoms with Gasteiger partial charge in [-0.2, -0.15) is 4.80 Å². The van der Waals surface area contributed by atoms with E-state index in [1.54, 1.807) is 12.1 Å². The Balaban J connectivity index is 1.87. The van der Waals surface area contributed by atoms with Crippen LogP contribution in [0, 0.1) is 13.8 Å². The van der Waals surface area contributed by atoms with Crippen LogP contribution in [0.15, 0.2) is 42.5 Å². The van der Waals surface area contributed by atoms with Crippen LogP contribution in [0.3, 0.4) is 0 Å². The van der Waals surface area contributed by atoms with Gasteiger partial charge in [-0.25, -0.2) is 4.79 Å². The summed E-state index contributed by atoms with van der Waals surface area (Å²) in [6.07, 6.45) is 0. The van der Waals surface area contributed by atoms with Crippen LogP contribution in [0.25, 0.3) is 11.4 Å². The van der Waals surface area contributed by atoms with Crippen molar-refractivity contribution >= 4 is 5.97 Å². The van der Waals surface area contributed by atoms with Crippen molar-refractivity contribution < 1.29 is 9.53 Å². The number of hydrogen-bond donors (Lipinski definition) is 0. The number of carbonyl (C=O) groups is 1. The van der Waals surface area contributed by atoms with E-state index in [9.17, 15) is 4.79 Å². The molecule has 0 bridgehead atoms. The molecule has 0 saturated heterocycles. The van der Waals surface area contributed by atoms with Gasteiger partial charge in [0.25, 0.3) is 0 Å². The first-order chi connectivity index (χ1) is 11.6. The summed E-state index contributed by atoms with van der Waals surface area (Å²) in [6, 6.07) is 13.3. The first-order valence-corrected chi connectivity index (χ1v) is 7.60. The number of aromatic nitrogens is 4. The topological polar surface area (TPSA) is 69.9 Å². The number of esters is 1. The maximum absolute atomic E-state index is 11.8. The van der Waals surface area contributed by atoms with Gasteiger partial charge >= 0.3 is 5.97 Å². The fourth-order valence-corrected chi connectivity index (χ4v) is 2.43. The zero-order valence-corrected chi connectivity index (χ0v) is 13.9. The number of carbonyl (C=O) groups excluding carboxylic acids is 1. The Morgan fingerprint density at radius 1 is 1.12 bits per heavy atom. The molecular weight excluding hydrogens is 304 g/mol. The average Bonchev–Trinajstić information content (AvgIpc) is 3.05. The van der Waals surface area contributed by atoms with Gasteiger partial charge in [-0.05, 0) is 47.9 Å². The van der Waals surface area contributed by atoms with Gasteiger partial charge in [-0.1, -0.05) is 30.3 Å². The second-order valence-electron chi connectivity index (χ2n) is 5.59. The number of methoxy groups -OCH3 is 1. The second kappa shape index (κ2) is 6.62. The van der Waals surface area contributed by atoms with Gasteiger partial charge in [-0.3, -0.25) is 0 Å². The molecule has 3 rings (SSSR count). The molecule has 0 N–H and O–H groups in total.